The van der Waals surface area contributed by atoms with E-state index in [2.05, 4.69) is 10.4 Å². The van der Waals surface area contributed by atoms with Crippen LogP contribution in [0.15, 0.2) is 6.07 Å². The number of alkyl carbamates (subject to hydrolysis) is 1. The van der Waals surface area contributed by atoms with Gasteiger partial charge in [-0.25, -0.2) is 4.79 Å². The zero-order valence-corrected chi connectivity index (χ0v) is 14.8. The predicted molar refractivity (Wildman–Crippen MR) is 88.1 cm³/mol. The van der Waals surface area contributed by atoms with Gasteiger partial charge in [0.15, 0.2) is 0 Å². The molecule has 0 aliphatic heterocycles. The average molecular weight is 323 g/mol. The van der Waals surface area contributed by atoms with Crippen LogP contribution in [0.4, 0.5) is 4.79 Å². The molecule has 1 fully saturated rings. The molecule has 0 radical (unpaired) electrons. The van der Waals surface area contributed by atoms with Crippen molar-refractivity contribution in [2.24, 2.45) is 18.4 Å². The van der Waals surface area contributed by atoms with Crippen LogP contribution >= 0.6 is 0 Å². The Balaban J connectivity index is 2.07. The minimum atomic E-state index is -0.523. The van der Waals surface area contributed by atoms with Crippen molar-refractivity contribution in [2.75, 3.05) is 13.2 Å². The first-order chi connectivity index (χ1) is 10.6. The standard InChI is InChI=1S/C17H29N3O3/c1-12-8-14(20(5)19-12)9-17(11-21,13-6-7-13)10-18-15(22)23-16(2,3)4/h8,13,21H,6-7,9-11H2,1-5H3,(H,18,22). The van der Waals surface area contributed by atoms with Crippen LogP contribution in [0, 0.1) is 18.3 Å². The second-order valence-corrected chi connectivity index (χ2v) is 7.73. The molecule has 0 aromatic carbocycles. The minimum absolute atomic E-state index is 0.0394. The van der Waals surface area contributed by atoms with E-state index in [1.165, 1.54) is 0 Å². The Hall–Kier alpha value is -1.56. The van der Waals surface area contributed by atoms with Gasteiger partial charge in [-0.3, -0.25) is 4.68 Å². The van der Waals surface area contributed by atoms with Crippen molar-refractivity contribution in [2.45, 2.75) is 52.6 Å². The Morgan fingerprint density at radius 3 is 2.57 bits per heavy atom. The van der Waals surface area contributed by atoms with Crippen molar-refractivity contribution in [3.63, 3.8) is 0 Å². The summed E-state index contributed by atoms with van der Waals surface area (Å²) >= 11 is 0. The number of amides is 1. The van der Waals surface area contributed by atoms with Gasteiger partial charge >= 0.3 is 6.09 Å². The molecule has 2 rings (SSSR count). The van der Waals surface area contributed by atoms with Crippen molar-refractivity contribution >= 4 is 6.09 Å². The second-order valence-electron chi connectivity index (χ2n) is 7.73. The number of aromatic nitrogens is 2. The van der Waals surface area contributed by atoms with Gasteiger partial charge < -0.3 is 15.2 Å². The Morgan fingerprint density at radius 1 is 1.48 bits per heavy atom. The smallest absolute Gasteiger partial charge is 0.407 e. The Kier molecular flexibility index (Phi) is 5.04. The lowest BCUT2D eigenvalue weighted by molar-refractivity contribution is 0.0437. The molecule has 1 saturated carbocycles. The third-order valence-electron chi connectivity index (χ3n) is 4.37. The fourth-order valence-corrected chi connectivity index (χ4v) is 3.04. The molecule has 0 spiro atoms. The van der Waals surface area contributed by atoms with Gasteiger partial charge in [0.05, 0.1) is 12.3 Å². The van der Waals surface area contributed by atoms with Gasteiger partial charge in [-0.1, -0.05) is 0 Å². The molecule has 2 N–H and O–H groups in total. The number of aryl methyl sites for hydroxylation is 2. The molecule has 6 nitrogen and oxygen atoms in total. The maximum absolute atomic E-state index is 12.0. The van der Waals surface area contributed by atoms with Gasteiger partial charge in [-0.05, 0) is 58.9 Å². The third-order valence-corrected chi connectivity index (χ3v) is 4.37. The fraction of sp³-hybridized carbons (Fsp3) is 0.765. The topological polar surface area (TPSA) is 76.4 Å². The van der Waals surface area contributed by atoms with E-state index in [4.69, 9.17) is 4.74 Å². The van der Waals surface area contributed by atoms with Crippen LogP contribution in [0.5, 0.6) is 0 Å². The van der Waals surface area contributed by atoms with E-state index < -0.39 is 11.7 Å². The molecule has 130 valence electrons. The van der Waals surface area contributed by atoms with Crippen molar-refractivity contribution in [3.05, 3.63) is 17.5 Å². The maximum Gasteiger partial charge on any atom is 0.407 e. The number of aliphatic hydroxyl groups is 1. The number of ether oxygens (including phenoxy) is 1. The second kappa shape index (κ2) is 6.51. The molecule has 0 saturated heterocycles. The molecule has 1 aromatic heterocycles. The first-order valence-corrected chi connectivity index (χ1v) is 8.22. The Morgan fingerprint density at radius 2 is 2.13 bits per heavy atom. The van der Waals surface area contributed by atoms with Crippen LogP contribution in [-0.4, -0.2) is 39.7 Å². The summed E-state index contributed by atoms with van der Waals surface area (Å²) in [5.41, 5.74) is 1.17. The fourth-order valence-electron chi connectivity index (χ4n) is 3.04. The monoisotopic (exact) mass is 323 g/mol. The first kappa shape index (κ1) is 17.8. The largest absolute Gasteiger partial charge is 0.444 e. The van der Waals surface area contributed by atoms with Gasteiger partial charge in [-0.2, -0.15) is 5.10 Å². The summed E-state index contributed by atoms with van der Waals surface area (Å²) in [4.78, 5) is 12.0. The van der Waals surface area contributed by atoms with E-state index in [0.29, 0.717) is 18.9 Å². The van der Waals surface area contributed by atoms with E-state index in [1.807, 2.05) is 45.5 Å². The van der Waals surface area contributed by atoms with Crippen LogP contribution in [-0.2, 0) is 18.2 Å². The van der Waals surface area contributed by atoms with Gasteiger partial charge in [0.25, 0.3) is 0 Å². The lowest BCUT2D eigenvalue weighted by Crippen LogP contribution is -2.45. The molecule has 1 aromatic rings. The molecular formula is C17H29N3O3. The molecule has 1 atom stereocenters. The molecule has 6 heteroatoms. The van der Waals surface area contributed by atoms with Gasteiger partial charge in [-0.15, -0.1) is 0 Å². The van der Waals surface area contributed by atoms with E-state index in [-0.39, 0.29) is 12.0 Å². The number of nitrogens with zero attached hydrogens (tertiary/aromatic N) is 2. The molecule has 1 amide bonds. The predicted octanol–water partition coefficient (Wildman–Crippen LogP) is 2.18. The maximum atomic E-state index is 12.0. The minimum Gasteiger partial charge on any atom is -0.444 e. The highest BCUT2D eigenvalue weighted by molar-refractivity contribution is 5.67. The number of hydrogen-bond acceptors (Lipinski definition) is 4. The zero-order chi connectivity index (χ0) is 17.3. The third kappa shape index (κ3) is 4.70. The van der Waals surface area contributed by atoms with Gasteiger partial charge in [0.2, 0.25) is 0 Å². The number of carbonyl (C=O) groups excluding carboxylic acids is 1. The lowest BCUT2D eigenvalue weighted by atomic mass is 9.78. The molecule has 1 heterocycles. The van der Waals surface area contributed by atoms with Crippen molar-refractivity contribution in [1.82, 2.24) is 15.1 Å². The van der Waals surface area contributed by atoms with Crippen molar-refractivity contribution in [3.8, 4) is 0 Å². The summed E-state index contributed by atoms with van der Waals surface area (Å²) in [6, 6.07) is 2.04. The summed E-state index contributed by atoms with van der Waals surface area (Å²) < 4.78 is 7.16. The highest BCUT2D eigenvalue weighted by Gasteiger charge is 2.45. The molecule has 0 bridgehead atoms. The van der Waals surface area contributed by atoms with Gasteiger partial charge in [0, 0.05) is 24.7 Å². The molecule has 1 aliphatic carbocycles. The van der Waals surface area contributed by atoms with Crippen molar-refractivity contribution in [1.29, 1.82) is 0 Å². The first-order valence-electron chi connectivity index (χ1n) is 8.22. The number of rotatable bonds is 6. The van der Waals surface area contributed by atoms with E-state index in [1.54, 1.807) is 0 Å². The number of nitrogens with one attached hydrogen (secondary N) is 1. The van der Waals surface area contributed by atoms with Crippen molar-refractivity contribution < 1.29 is 14.6 Å². The Labute approximate surface area is 138 Å². The molecular weight excluding hydrogens is 294 g/mol. The summed E-state index contributed by atoms with van der Waals surface area (Å²) in [7, 11) is 1.92. The highest BCUT2D eigenvalue weighted by Crippen LogP contribution is 2.47. The normalized spacial score (nSPS) is 17.7. The summed E-state index contributed by atoms with van der Waals surface area (Å²) in [6.45, 7) is 7.92. The molecule has 1 aliphatic rings. The Bertz CT molecular complexity index is 558. The van der Waals surface area contributed by atoms with E-state index in [9.17, 15) is 9.90 Å². The zero-order valence-electron chi connectivity index (χ0n) is 14.8. The average Bonchev–Trinajstić information content (AvgIpc) is 3.21. The summed E-state index contributed by atoms with van der Waals surface area (Å²) in [6.07, 6.45) is 2.44. The summed E-state index contributed by atoms with van der Waals surface area (Å²) in [5.74, 6) is 0.428. The van der Waals surface area contributed by atoms with Crippen LogP contribution < -0.4 is 5.32 Å². The van der Waals surface area contributed by atoms with Gasteiger partial charge in [0.1, 0.15) is 5.60 Å². The molecule has 23 heavy (non-hydrogen) atoms. The highest BCUT2D eigenvalue weighted by atomic mass is 16.6. The number of hydrogen-bond donors (Lipinski definition) is 2. The number of carbonyl (C=O) groups is 1. The SMILES string of the molecule is Cc1cc(CC(CO)(CNC(=O)OC(C)(C)C)C2CC2)n(C)n1. The van der Waals surface area contributed by atoms with Crippen LogP contribution in [0.3, 0.4) is 0 Å². The van der Waals surface area contributed by atoms with E-state index in [0.717, 1.165) is 24.2 Å². The van der Waals surface area contributed by atoms with Crippen LogP contribution in [0.2, 0.25) is 0 Å². The lowest BCUT2D eigenvalue weighted by Gasteiger charge is -2.33. The number of aliphatic hydroxyl groups excluding tert-OH is 1. The van der Waals surface area contributed by atoms with Crippen LogP contribution in [0.1, 0.15) is 45.0 Å². The van der Waals surface area contributed by atoms with E-state index >= 15 is 0 Å². The quantitative estimate of drug-likeness (QED) is 0.841. The summed E-state index contributed by atoms with van der Waals surface area (Å²) in [5, 5.41) is 17.3. The van der Waals surface area contributed by atoms with Crippen LogP contribution in [0.25, 0.3) is 0 Å². The molecule has 1 unspecified atom stereocenters.